The summed E-state index contributed by atoms with van der Waals surface area (Å²) in [4.78, 5) is 10.7. The Kier molecular flexibility index (Phi) is 3.02. The molecule has 0 radical (unpaired) electrons. The van der Waals surface area contributed by atoms with Gasteiger partial charge in [-0.2, -0.15) is 5.26 Å². The van der Waals surface area contributed by atoms with Crippen molar-refractivity contribution in [2.75, 3.05) is 0 Å². The van der Waals surface area contributed by atoms with Crippen LogP contribution in [0.15, 0.2) is 48.5 Å². The van der Waals surface area contributed by atoms with Gasteiger partial charge >= 0.3 is 0 Å². The molecule has 0 aliphatic heterocycles. The molecule has 2 heteroatoms. The molecule has 2 aliphatic carbocycles. The fourth-order valence-electron chi connectivity index (χ4n) is 1.59. The first-order chi connectivity index (χ1) is 8.22. The number of rotatable bonds is 0. The molecule has 4 rings (SSSR count). The van der Waals surface area contributed by atoms with Crippen molar-refractivity contribution in [1.82, 2.24) is 0 Å². The maximum absolute atomic E-state index is 10.7. The van der Waals surface area contributed by atoms with Crippen molar-refractivity contribution in [3.8, 4) is 6.07 Å². The smallest absolute Gasteiger partial charge is 0.193 e. The number of nitriles is 1. The zero-order valence-corrected chi connectivity index (χ0v) is 9.47. The lowest BCUT2D eigenvalue weighted by atomic mass is 9.92. The third-order valence-corrected chi connectivity index (χ3v) is 2.65. The minimum Gasteiger partial charge on any atom is -0.289 e. The second kappa shape index (κ2) is 4.63. The molecule has 0 saturated heterocycles. The predicted octanol–water partition coefficient (Wildman–Crippen LogP) is 3.10. The summed E-state index contributed by atoms with van der Waals surface area (Å²) >= 11 is 0. The van der Waals surface area contributed by atoms with Crippen molar-refractivity contribution < 1.29 is 4.79 Å². The number of hydrogen-bond acceptors (Lipinski definition) is 2. The first kappa shape index (κ1) is 11.1. The second-order valence-corrected chi connectivity index (χ2v) is 3.84. The second-order valence-electron chi connectivity index (χ2n) is 3.84. The minimum absolute atomic E-state index is 0.201. The fourth-order valence-corrected chi connectivity index (χ4v) is 1.59. The van der Waals surface area contributed by atoms with Crippen LogP contribution in [-0.2, 0) is 0 Å². The highest BCUT2D eigenvalue weighted by atomic mass is 16.1. The lowest BCUT2D eigenvalue weighted by Crippen LogP contribution is -2.10. The summed E-state index contributed by atoms with van der Waals surface area (Å²) < 4.78 is 0. The summed E-state index contributed by atoms with van der Waals surface area (Å²) in [5.74, 6) is 0.201. The SMILES string of the molecule is Cc1ccccc1C#N.O=C1c2cccc1c2. The van der Waals surface area contributed by atoms with Crippen LogP contribution in [0.5, 0.6) is 0 Å². The molecular weight excluding hydrogens is 210 g/mol. The van der Waals surface area contributed by atoms with Crippen LogP contribution in [0, 0.1) is 18.3 Å². The molecule has 2 aliphatic rings. The standard InChI is InChI=1S/C8H7N.C7H4O/c1-7-4-2-3-5-8(7)6-9;8-7-5-2-1-3-6(7)4-5/h2-5H,1H3;1-4H. The van der Waals surface area contributed by atoms with Crippen LogP contribution in [-0.4, -0.2) is 5.78 Å². The number of fused-ring (bicyclic) bond motifs is 2. The van der Waals surface area contributed by atoms with Gasteiger partial charge in [0.2, 0.25) is 0 Å². The van der Waals surface area contributed by atoms with Gasteiger partial charge in [0.25, 0.3) is 0 Å². The van der Waals surface area contributed by atoms with Crippen molar-refractivity contribution in [2.45, 2.75) is 6.92 Å². The van der Waals surface area contributed by atoms with Gasteiger partial charge in [-0.15, -0.1) is 0 Å². The molecule has 82 valence electrons. The van der Waals surface area contributed by atoms with E-state index in [9.17, 15) is 4.79 Å². The first-order valence-electron chi connectivity index (χ1n) is 5.33. The quantitative estimate of drug-likeness (QED) is 0.585. The maximum atomic E-state index is 10.7. The van der Waals surface area contributed by atoms with Gasteiger partial charge in [0, 0.05) is 11.1 Å². The number of carbonyl (C=O) groups excluding carboxylic acids is 1. The average Bonchev–Trinajstić information content (AvgIpc) is 2.40. The summed E-state index contributed by atoms with van der Waals surface area (Å²) in [5, 5.41) is 8.47. The summed E-state index contributed by atoms with van der Waals surface area (Å²) in [6, 6.07) is 17.1. The lowest BCUT2D eigenvalue weighted by molar-refractivity contribution is 0.102. The highest BCUT2D eigenvalue weighted by Gasteiger charge is 2.17. The highest BCUT2D eigenvalue weighted by molar-refractivity contribution is 6.16. The summed E-state index contributed by atoms with van der Waals surface area (Å²) in [7, 11) is 0. The molecule has 2 bridgehead atoms. The van der Waals surface area contributed by atoms with Crippen LogP contribution in [0.1, 0.15) is 27.0 Å². The topological polar surface area (TPSA) is 40.9 Å². The number of carbonyl (C=O) groups is 1. The summed E-state index contributed by atoms with van der Waals surface area (Å²) in [5.41, 5.74) is 3.50. The van der Waals surface area contributed by atoms with Crippen molar-refractivity contribution in [3.63, 3.8) is 0 Å². The van der Waals surface area contributed by atoms with E-state index in [4.69, 9.17) is 5.26 Å². The van der Waals surface area contributed by atoms with E-state index in [-0.39, 0.29) is 5.78 Å². The Balaban J connectivity index is 0.000000127. The molecule has 0 heterocycles. The van der Waals surface area contributed by atoms with Crippen LogP contribution in [0.25, 0.3) is 0 Å². The van der Waals surface area contributed by atoms with E-state index in [1.807, 2.05) is 55.5 Å². The third kappa shape index (κ3) is 2.24. The first-order valence-corrected chi connectivity index (χ1v) is 5.33. The van der Waals surface area contributed by atoms with E-state index < -0.39 is 0 Å². The van der Waals surface area contributed by atoms with Gasteiger partial charge in [-0.25, -0.2) is 0 Å². The molecule has 2 aromatic carbocycles. The molecule has 0 spiro atoms. The Labute approximate surface area is 100 Å². The van der Waals surface area contributed by atoms with Gasteiger partial charge in [-0.05, 0) is 24.6 Å². The monoisotopic (exact) mass is 221 g/mol. The van der Waals surface area contributed by atoms with E-state index >= 15 is 0 Å². The van der Waals surface area contributed by atoms with Crippen LogP contribution in [0.3, 0.4) is 0 Å². The van der Waals surface area contributed by atoms with Gasteiger partial charge in [0.15, 0.2) is 5.78 Å². The Hall–Kier alpha value is -2.40. The number of hydrogen-bond donors (Lipinski definition) is 0. The normalized spacial score (nSPS) is 10.7. The largest absolute Gasteiger partial charge is 0.289 e. The van der Waals surface area contributed by atoms with Gasteiger partial charge < -0.3 is 0 Å². The van der Waals surface area contributed by atoms with E-state index in [0.717, 1.165) is 22.3 Å². The van der Waals surface area contributed by atoms with Gasteiger partial charge in [-0.3, -0.25) is 4.79 Å². The third-order valence-electron chi connectivity index (χ3n) is 2.65. The van der Waals surface area contributed by atoms with E-state index in [2.05, 4.69) is 6.07 Å². The number of ketones is 1. The van der Waals surface area contributed by atoms with Crippen molar-refractivity contribution in [3.05, 3.63) is 70.8 Å². The predicted molar refractivity (Wildman–Crippen MR) is 65.8 cm³/mol. The van der Waals surface area contributed by atoms with Gasteiger partial charge in [0.05, 0.1) is 11.6 Å². The average molecular weight is 221 g/mol. The fraction of sp³-hybridized carbons (Fsp3) is 0.0667. The summed E-state index contributed by atoms with van der Waals surface area (Å²) in [6.45, 7) is 1.93. The molecule has 0 saturated carbocycles. The maximum Gasteiger partial charge on any atom is 0.193 e. The molecule has 0 N–H and O–H groups in total. The van der Waals surface area contributed by atoms with E-state index in [1.54, 1.807) is 0 Å². The Bertz CT molecular complexity index is 580. The number of nitrogens with zero attached hydrogens (tertiary/aromatic N) is 1. The van der Waals surface area contributed by atoms with E-state index in [1.165, 1.54) is 0 Å². The van der Waals surface area contributed by atoms with Crippen LogP contribution in [0.4, 0.5) is 0 Å². The summed E-state index contributed by atoms with van der Waals surface area (Å²) in [6.07, 6.45) is 0. The molecule has 0 fully saturated rings. The van der Waals surface area contributed by atoms with Gasteiger partial charge in [-0.1, -0.05) is 36.4 Å². The van der Waals surface area contributed by atoms with Crippen molar-refractivity contribution >= 4 is 5.78 Å². The molecule has 0 aromatic heterocycles. The van der Waals surface area contributed by atoms with Crippen LogP contribution in [0.2, 0.25) is 0 Å². The highest BCUT2D eigenvalue weighted by Crippen LogP contribution is 2.19. The van der Waals surface area contributed by atoms with Crippen molar-refractivity contribution in [2.24, 2.45) is 0 Å². The lowest BCUT2D eigenvalue weighted by Gasteiger charge is -2.10. The Morgan fingerprint density at radius 3 is 2.00 bits per heavy atom. The molecule has 2 aromatic rings. The molecule has 0 unspecified atom stereocenters. The minimum atomic E-state index is 0.201. The molecular formula is C15H11NO. The van der Waals surface area contributed by atoms with Gasteiger partial charge in [0.1, 0.15) is 0 Å². The van der Waals surface area contributed by atoms with Crippen LogP contribution < -0.4 is 0 Å². The molecule has 0 atom stereocenters. The van der Waals surface area contributed by atoms with Crippen molar-refractivity contribution in [1.29, 1.82) is 5.26 Å². The van der Waals surface area contributed by atoms with E-state index in [0.29, 0.717) is 0 Å². The zero-order valence-electron chi connectivity index (χ0n) is 9.47. The number of aryl methyl sites for hydroxylation is 1. The molecule has 0 amide bonds. The Morgan fingerprint density at radius 1 is 1.00 bits per heavy atom. The number of benzene rings is 2. The molecule has 2 nitrogen and oxygen atoms in total. The Morgan fingerprint density at radius 2 is 1.65 bits per heavy atom. The molecule has 17 heavy (non-hydrogen) atoms. The zero-order chi connectivity index (χ0) is 12.3. The van der Waals surface area contributed by atoms with Crippen LogP contribution >= 0.6 is 0 Å².